The van der Waals surface area contributed by atoms with Crippen LogP contribution in [0.3, 0.4) is 0 Å². The molecule has 0 radical (unpaired) electrons. The van der Waals surface area contributed by atoms with Crippen LogP contribution in [0.2, 0.25) is 0 Å². The van der Waals surface area contributed by atoms with Gasteiger partial charge in [-0.25, -0.2) is 8.78 Å². The molecule has 1 heterocycles. The Bertz CT molecular complexity index is 464. The van der Waals surface area contributed by atoms with Gasteiger partial charge in [-0.15, -0.1) is 0 Å². The second kappa shape index (κ2) is 4.96. The largest absolute Gasteiger partial charge is 0.433 e. The fourth-order valence-electron chi connectivity index (χ4n) is 1.26. The van der Waals surface area contributed by atoms with Gasteiger partial charge in [0.25, 0.3) is 6.43 Å². The third kappa shape index (κ3) is 2.91. The Balaban J connectivity index is 3.54. The molecule has 0 bridgehead atoms. The minimum Gasteiger partial charge on any atom is -0.250 e. The van der Waals surface area contributed by atoms with E-state index in [1.54, 1.807) is 6.07 Å². The van der Waals surface area contributed by atoms with Gasteiger partial charge in [-0.2, -0.15) is 18.4 Å². The summed E-state index contributed by atoms with van der Waals surface area (Å²) in [5.41, 5.74) is -3.28. The summed E-state index contributed by atoms with van der Waals surface area (Å²) in [4.78, 5) is 2.95. The van der Waals surface area contributed by atoms with Crippen LogP contribution in [-0.2, 0) is 12.6 Å². The maximum absolute atomic E-state index is 12.7. The average Bonchev–Trinajstić information content (AvgIpc) is 2.18. The lowest BCUT2D eigenvalue weighted by atomic mass is 10.0. The molecule has 0 aromatic carbocycles. The van der Waals surface area contributed by atoms with Crippen LogP contribution in [0, 0.1) is 11.3 Å². The first-order chi connectivity index (χ1) is 7.79. The normalized spacial score (nSPS) is 11.6. The van der Waals surface area contributed by atoms with Crippen LogP contribution in [-0.4, -0.2) is 4.98 Å². The second-order valence-electron chi connectivity index (χ2n) is 2.98. The van der Waals surface area contributed by atoms with Crippen molar-refractivity contribution in [1.29, 1.82) is 5.26 Å². The second-order valence-corrected chi connectivity index (χ2v) is 3.83. The lowest BCUT2D eigenvalue weighted by Gasteiger charge is -2.15. The quantitative estimate of drug-likeness (QED) is 0.777. The molecule has 0 unspecified atom stereocenters. The van der Waals surface area contributed by atoms with Crippen molar-refractivity contribution in [2.45, 2.75) is 19.0 Å². The number of nitriles is 1. The number of halogens is 6. The monoisotopic (exact) mass is 314 g/mol. The molecule has 8 heteroatoms. The van der Waals surface area contributed by atoms with Crippen molar-refractivity contribution in [1.82, 2.24) is 4.98 Å². The highest BCUT2D eigenvalue weighted by molar-refractivity contribution is 9.10. The first-order valence-corrected chi connectivity index (χ1v) is 4.98. The van der Waals surface area contributed by atoms with Crippen molar-refractivity contribution in [2.24, 2.45) is 0 Å². The van der Waals surface area contributed by atoms with Gasteiger partial charge in [-0.3, -0.25) is 4.98 Å². The van der Waals surface area contributed by atoms with Gasteiger partial charge in [0.05, 0.1) is 18.1 Å². The number of alkyl halides is 5. The van der Waals surface area contributed by atoms with Gasteiger partial charge in [-0.05, 0) is 21.5 Å². The van der Waals surface area contributed by atoms with Gasteiger partial charge in [-0.1, -0.05) is 0 Å². The number of hydrogen-bond acceptors (Lipinski definition) is 2. The molecule has 17 heavy (non-hydrogen) atoms. The first-order valence-electron chi connectivity index (χ1n) is 4.18. The molecule has 0 amide bonds. The summed E-state index contributed by atoms with van der Waals surface area (Å²) in [6, 6.07) is 1.54. The van der Waals surface area contributed by atoms with Crippen LogP contribution in [0.25, 0.3) is 0 Å². The smallest absolute Gasteiger partial charge is 0.250 e. The van der Waals surface area contributed by atoms with Crippen molar-refractivity contribution in [2.75, 3.05) is 0 Å². The summed E-state index contributed by atoms with van der Waals surface area (Å²) in [6.45, 7) is 0. The van der Waals surface area contributed by atoms with Gasteiger partial charge in [0.1, 0.15) is 0 Å². The summed E-state index contributed by atoms with van der Waals surface area (Å²) in [5.74, 6) is 0. The molecule has 0 fully saturated rings. The molecular formula is C9H4BrF5N2. The van der Waals surface area contributed by atoms with Gasteiger partial charge in [0, 0.05) is 10.7 Å². The van der Waals surface area contributed by atoms with Crippen LogP contribution >= 0.6 is 15.9 Å². The molecule has 0 aliphatic rings. The van der Waals surface area contributed by atoms with Gasteiger partial charge in [0.15, 0.2) is 5.69 Å². The molecule has 0 aliphatic carbocycles. The highest BCUT2D eigenvalue weighted by Crippen LogP contribution is 2.38. The Labute approximate surface area is 101 Å². The van der Waals surface area contributed by atoms with Crippen molar-refractivity contribution >= 4 is 15.9 Å². The lowest BCUT2D eigenvalue weighted by molar-refractivity contribution is -0.143. The minimum atomic E-state index is -4.98. The number of pyridine rings is 1. The number of hydrogen-bond donors (Lipinski definition) is 0. The molecule has 0 N–H and O–H groups in total. The highest BCUT2D eigenvalue weighted by atomic mass is 79.9. The van der Waals surface area contributed by atoms with E-state index >= 15 is 0 Å². The third-order valence-corrected chi connectivity index (χ3v) is 2.60. The standard InChI is InChI=1S/C9H4BrF5N2/c10-5-3-17-7(9(13,14)15)6(8(11)12)4(5)1-2-16/h3,8H,1H2. The van der Waals surface area contributed by atoms with Crippen LogP contribution in [0.4, 0.5) is 22.0 Å². The number of aromatic nitrogens is 1. The molecular weight excluding hydrogens is 311 g/mol. The fraction of sp³-hybridized carbons (Fsp3) is 0.333. The van der Waals surface area contributed by atoms with Crippen molar-refractivity contribution in [3.63, 3.8) is 0 Å². The Morgan fingerprint density at radius 3 is 2.41 bits per heavy atom. The zero-order valence-corrected chi connectivity index (χ0v) is 9.61. The van der Waals surface area contributed by atoms with Crippen molar-refractivity contribution in [3.05, 3.63) is 27.5 Å². The van der Waals surface area contributed by atoms with E-state index in [2.05, 4.69) is 20.9 Å². The Hall–Kier alpha value is -1.23. The van der Waals surface area contributed by atoms with Crippen LogP contribution in [0.15, 0.2) is 10.7 Å². The van der Waals surface area contributed by atoms with Crippen LogP contribution < -0.4 is 0 Å². The Morgan fingerprint density at radius 1 is 1.41 bits per heavy atom. The molecule has 0 saturated heterocycles. The summed E-state index contributed by atoms with van der Waals surface area (Å²) >= 11 is 2.80. The molecule has 2 nitrogen and oxygen atoms in total. The molecule has 0 spiro atoms. The maximum Gasteiger partial charge on any atom is 0.433 e. The van der Waals surface area contributed by atoms with E-state index in [1.165, 1.54) is 0 Å². The van der Waals surface area contributed by atoms with E-state index in [0.29, 0.717) is 0 Å². The average molecular weight is 315 g/mol. The third-order valence-electron chi connectivity index (χ3n) is 1.92. The Morgan fingerprint density at radius 2 is 2.00 bits per heavy atom. The van der Waals surface area contributed by atoms with E-state index in [1.807, 2.05) is 0 Å². The van der Waals surface area contributed by atoms with Crippen LogP contribution in [0.5, 0.6) is 0 Å². The molecule has 0 atom stereocenters. The molecule has 1 aromatic heterocycles. The summed E-state index contributed by atoms with van der Waals surface area (Å²) in [7, 11) is 0. The van der Waals surface area contributed by atoms with Crippen molar-refractivity contribution in [3.8, 4) is 6.07 Å². The molecule has 0 saturated carbocycles. The summed E-state index contributed by atoms with van der Waals surface area (Å²) in [5, 5.41) is 8.43. The minimum absolute atomic E-state index is 0.0395. The molecule has 92 valence electrons. The molecule has 1 rings (SSSR count). The van der Waals surface area contributed by atoms with Gasteiger partial charge in [0.2, 0.25) is 0 Å². The SMILES string of the molecule is N#CCc1c(Br)cnc(C(F)(F)F)c1C(F)F. The van der Waals surface area contributed by atoms with Gasteiger partial charge < -0.3 is 0 Å². The van der Waals surface area contributed by atoms with E-state index in [4.69, 9.17) is 5.26 Å². The zero-order valence-electron chi connectivity index (χ0n) is 8.02. The fourth-order valence-corrected chi connectivity index (χ4v) is 1.72. The number of rotatable bonds is 2. The first kappa shape index (κ1) is 13.8. The van der Waals surface area contributed by atoms with Crippen LogP contribution in [0.1, 0.15) is 23.2 Å². The number of nitrogens with zero attached hydrogens (tertiary/aromatic N) is 2. The molecule has 1 aromatic rings. The van der Waals surface area contributed by atoms with E-state index in [9.17, 15) is 22.0 Å². The van der Waals surface area contributed by atoms with Gasteiger partial charge >= 0.3 is 6.18 Å². The van der Waals surface area contributed by atoms with E-state index < -0.39 is 30.3 Å². The zero-order chi connectivity index (χ0) is 13.2. The maximum atomic E-state index is 12.7. The topological polar surface area (TPSA) is 36.7 Å². The predicted octanol–water partition coefficient (Wildman–Crippen LogP) is 3.87. The predicted molar refractivity (Wildman–Crippen MR) is 51.2 cm³/mol. The highest BCUT2D eigenvalue weighted by Gasteiger charge is 2.39. The van der Waals surface area contributed by atoms with Crippen molar-refractivity contribution < 1.29 is 22.0 Å². The van der Waals surface area contributed by atoms with E-state index in [-0.39, 0.29) is 10.0 Å². The molecule has 0 aliphatic heterocycles. The van der Waals surface area contributed by atoms with E-state index in [0.717, 1.165) is 6.20 Å². The Kier molecular flexibility index (Phi) is 4.03. The lowest BCUT2D eigenvalue weighted by Crippen LogP contribution is -2.15. The summed E-state index contributed by atoms with van der Waals surface area (Å²) < 4.78 is 62.7. The summed E-state index contributed by atoms with van der Waals surface area (Å²) in [6.07, 6.45) is -8.11.